The average molecular weight is 504 g/mol. The van der Waals surface area contributed by atoms with E-state index >= 15 is 0 Å². The number of nitrogens with zero attached hydrogens (tertiary/aromatic N) is 2. The van der Waals surface area contributed by atoms with E-state index < -0.39 is 0 Å². The van der Waals surface area contributed by atoms with Crippen molar-refractivity contribution in [3.8, 4) is 17.2 Å². The quantitative estimate of drug-likeness (QED) is 0.336. The Hall–Kier alpha value is -4.37. The number of hydrogen-bond acceptors (Lipinski definition) is 7. The fourth-order valence-corrected chi connectivity index (χ4v) is 4.05. The van der Waals surface area contributed by atoms with Gasteiger partial charge in [-0.1, -0.05) is 30.3 Å². The summed E-state index contributed by atoms with van der Waals surface area (Å²) in [5.41, 5.74) is 3.06. The molecule has 0 unspecified atom stereocenters. The molecule has 1 amide bonds. The topological polar surface area (TPSA) is 86.1 Å². The Kier molecular flexibility index (Phi) is 7.32. The Bertz CT molecular complexity index is 1370. The molecule has 4 aromatic rings. The Balaban J connectivity index is 1.28. The van der Waals surface area contributed by atoms with Gasteiger partial charge >= 0.3 is 0 Å². The van der Waals surface area contributed by atoms with E-state index in [-0.39, 0.29) is 30.8 Å². The van der Waals surface area contributed by atoms with Crippen LogP contribution in [-0.4, -0.2) is 29.7 Å². The highest BCUT2D eigenvalue weighted by molar-refractivity contribution is 5.91. The summed E-state index contributed by atoms with van der Waals surface area (Å²) >= 11 is 0. The molecule has 0 saturated heterocycles. The van der Waals surface area contributed by atoms with Crippen molar-refractivity contribution in [2.24, 2.45) is 0 Å². The van der Waals surface area contributed by atoms with Gasteiger partial charge in [-0.3, -0.25) is 9.69 Å². The summed E-state index contributed by atoms with van der Waals surface area (Å²) in [5.74, 6) is 1.94. The largest absolute Gasteiger partial charge is 0.497 e. The predicted octanol–water partition coefficient (Wildman–Crippen LogP) is 4.68. The van der Waals surface area contributed by atoms with E-state index in [9.17, 15) is 9.18 Å². The number of fused-ring (bicyclic) bond motifs is 1. The summed E-state index contributed by atoms with van der Waals surface area (Å²) in [4.78, 5) is 19.1. The maximum absolute atomic E-state index is 13.1. The molecular weight excluding hydrogens is 477 g/mol. The van der Waals surface area contributed by atoms with Crippen molar-refractivity contribution in [2.75, 3.05) is 13.9 Å². The second-order valence-corrected chi connectivity index (χ2v) is 8.62. The van der Waals surface area contributed by atoms with Gasteiger partial charge in [-0.15, -0.1) is 0 Å². The number of amides is 1. The van der Waals surface area contributed by atoms with Crippen molar-refractivity contribution >= 4 is 5.91 Å². The zero-order valence-corrected chi connectivity index (χ0v) is 20.3. The molecule has 9 heteroatoms. The Morgan fingerprint density at radius 3 is 2.54 bits per heavy atom. The summed E-state index contributed by atoms with van der Waals surface area (Å²) in [6, 6.07) is 19.7. The van der Waals surface area contributed by atoms with Gasteiger partial charge in [0.1, 0.15) is 17.8 Å². The number of oxazole rings is 1. The van der Waals surface area contributed by atoms with Crippen LogP contribution >= 0.6 is 0 Å². The van der Waals surface area contributed by atoms with Crippen molar-refractivity contribution in [2.45, 2.75) is 26.2 Å². The number of nitrogens with one attached hydrogen (secondary N) is 1. The summed E-state index contributed by atoms with van der Waals surface area (Å²) < 4.78 is 35.1. The normalized spacial score (nSPS) is 12.1. The van der Waals surface area contributed by atoms with Gasteiger partial charge in [0.25, 0.3) is 5.91 Å². The third-order valence-electron chi connectivity index (χ3n) is 5.89. The molecule has 37 heavy (non-hydrogen) atoms. The molecule has 1 aliphatic heterocycles. The van der Waals surface area contributed by atoms with E-state index in [2.05, 4.69) is 15.2 Å². The number of rotatable bonds is 10. The molecule has 190 valence electrons. The van der Waals surface area contributed by atoms with Crippen molar-refractivity contribution in [1.82, 2.24) is 15.2 Å². The third kappa shape index (κ3) is 6.25. The molecule has 0 fully saturated rings. The molecule has 1 aliphatic rings. The number of carbonyl (C=O) groups excluding carboxylic acids is 1. The summed E-state index contributed by atoms with van der Waals surface area (Å²) in [6.07, 6.45) is 1.35. The van der Waals surface area contributed by atoms with Crippen LogP contribution in [0.25, 0.3) is 0 Å². The van der Waals surface area contributed by atoms with E-state index in [1.807, 2.05) is 42.5 Å². The minimum absolute atomic E-state index is 0.182. The lowest BCUT2D eigenvalue weighted by atomic mass is 10.1. The highest BCUT2D eigenvalue weighted by Gasteiger charge is 2.18. The lowest BCUT2D eigenvalue weighted by Gasteiger charge is -2.21. The number of carbonyl (C=O) groups is 1. The van der Waals surface area contributed by atoms with Crippen LogP contribution in [0.3, 0.4) is 0 Å². The minimum atomic E-state index is -0.366. The fourth-order valence-electron chi connectivity index (χ4n) is 4.05. The predicted molar refractivity (Wildman–Crippen MR) is 133 cm³/mol. The van der Waals surface area contributed by atoms with Gasteiger partial charge in [0, 0.05) is 19.6 Å². The molecule has 0 spiro atoms. The van der Waals surface area contributed by atoms with Crippen LogP contribution in [0, 0.1) is 5.82 Å². The minimum Gasteiger partial charge on any atom is -0.497 e. The standard InChI is InChI=1S/C28H26FN3O5/c1-34-23-4-2-3-20(11-23)14-32(15-21-7-10-25-26(12-21)37-18-36-25)16-27-31-24(17-35-27)28(33)30-13-19-5-8-22(29)9-6-19/h2-12,17H,13-16,18H2,1H3,(H,30,33). The third-order valence-corrected chi connectivity index (χ3v) is 5.89. The van der Waals surface area contributed by atoms with Gasteiger partial charge in [-0.25, -0.2) is 9.37 Å². The van der Waals surface area contributed by atoms with Crippen molar-refractivity contribution in [3.63, 3.8) is 0 Å². The summed E-state index contributed by atoms with van der Waals surface area (Å²) in [5, 5.41) is 2.78. The molecule has 3 aromatic carbocycles. The van der Waals surface area contributed by atoms with Crippen molar-refractivity contribution in [1.29, 1.82) is 0 Å². The number of aromatic nitrogens is 1. The second kappa shape index (κ2) is 11.1. The first-order chi connectivity index (χ1) is 18.1. The Morgan fingerprint density at radius 1 is 0.973 bits per heavy atom. The first-order valence-corrected chi connectivity index (χ1v) is 11.8. The SMILES string of the molecule is COc1cccc(CN(Cc2ccc3c(c2)OCO3)Cc2nc(C(=O)NCc3ccc(F)cc3)co2)c1. The second-order valence-electron chi connectivity index (χ2n) is 8.62. The molecule has 1 N–H and O–H groups in total. The molecule has 0 radical (unpaired) electrons. The number of methoxy groups -OCH3 is 1. The highest BCUT2D eigenvalue weighted by atomic mass is 19.1. The van der Waals surface area contributed by atoms with Crippen LogP contribution in [0.2, 0.25) is 0 Å². The molecule has 2 heterocycles. The number of halogens is 1. The van der Waals surface area contributed by atoms with Crippen LogP contribution in [0.4, 0.5) is 4.39 Å². The van der Waals surface area contributed by atoms with Gasteiger partial charge in [0.2, 0.25) is 12.7 Å². The van der Waals surface area contributed by atoms with E-state index in [4.69, 9.17) is 18.6 Å². The molecule has 8 nitrogen and oxygen atoms in total. The van der Waals surface area contributed by atoms with Gasteiger partial charge in [-0.2, -0.15) is 0 Å². The molecule has 0 aliphatic carbocycles. The highest BCUT2D eigenvalue weighted by Crippen LogP contribution is 2.33. The van der Waals surface area contributed by atoms with Gasteiger partial charge in [0.15, 0.2) is 17.2 Å². The molecule has 1 aromatic heterocycles. The van der Waals surface area contributed by atoms with Crippen LogP contribution in [0.15, 0.2) is 77.4 Å². The van der Waals surface area contributed by atoms with Crippen molar-refractivity contribution in [3.05, 3.63) is 107 Å². The maximum atomic E-state index is 13.1. The van der Waals surface area contributed by atoms with Crippen LogP contribution < -0.4 is 19.5 Å². The Labute approximate surface area is 213 Å². The number of ether oxygens (including phenoxy) is 3. The van der Waals surface area contributed by atoms with E-state index in [0.717, 1.165) is 33.9 Å². The average Bonchev–Trinajstić information content (AvgIpc) is 3.58. The lowest BCUT2D eigenvalue weighted by molar-refractivity contribution is 0.0945. The fraction of sp³-hybridized carbons (Fsp3) is 0.214. The van der Waals surface area contributed by atoms with E-state index in [0.29, 0.717) is 25.5 Å². The first-order valence-electron chi connectivity index (χ1n) is 11.8. The zero-order valence-electron chi connectivity index (χ0n) is 20.3. The summed E-state index contributed by atoms with van der Waals surface area (Å²) in [7, 11) is 1.64. The molecule has 0 atom stereocenters. The smallest absolute Gasteiger partial charge is 0.273 e. The van der Waals surface area contributed by atoms with Gasteiger partial charge in [0.05, 0.1) is 13.7 Å². The molecular formula is C28H26FN3O5. The molecule has 5 rings (SSSR count). The van der Waals surface area contributed by atoms with Crippen LogP contribution in [-0.2, 0) is 26.2 Å². The first kappa shape index (κ1) is 24.3. The molecule has 0 bridgehead atoms. The monoisotopic (exact) mass is 503 g/mol. The van der Waals surface area contributed by atoms with Gasteiger partial charge in [-0.05, 0) is 53.1 Å². The molecule has 0 saturated carbocycles. The van der Waals surface area contributed by atoms with Crippen LogP contribution in [0.5, 0.6) is 17.2 Å². The van der Waals surface area contributed by atoms with Gasteiger partial charge < -0.3 is 23.9 Å². The van der Waals surface area contributed by atoms with Crippen LogP contribution in [0.1, 0.15) is 33.1 Å². The van der Waals surface area contributed by atoms with Crippen molar-refractivity contribution < 1.29 is 27.8 Å². The summed E-state index contributed by atoms with van der Waals surface area (Å²) in [6.45, 7) is 2.03. The zero-order chi connectivity index (χ0) is 25.6. The Morgan fingerprint density at radius 2 is 1.73 bits per heavy atom. The number of benzene rings is 3. The lowest BCUT2D eigenvalue weighted by Crippen LogP contribution is -2.24. The maximum Gasteiger partial charge on any atom is 0.273 e. The number of hydrogen-bond donors (Lipinski definition) is 1. The van der Waals surface area contributed by atoms with E-state index in [1.54, 1.807) is 19.2 Å². The van der Waals surface area contributed by atoms with E-state index in [1.165, 1.54) is 18.4 Å².